The molecule has 5 heteroatoms. The molecule has 0 saturated carbocycles. The van der Waals surface area contributed by atoms with Crippen molar-refractivity contribution in [3.8, 4) is 0 Å². The van der Waals surface area contributed by atoms with Crippen LogP contribution >= 0.6 is 0 Å². The lowest BCUT2D eigenvalue weighted by Crippen LogP contribution is -2.50. The van der Waals surface area contributed by atoms with Crippen molar-refractivity contribution < 1.29 is 9.00 Å². The third-order valence-electron chi connectivity index (χ3n) is 3.35. The number of hydrogen-bond acceptors (Lipinski definition) is 3. The molecular weight excluding hydrogens is 236 g/mol. The average molecular weight is 260 g/mol. The van der Waals surface area contributed by atoms with Crippen LogP contribution in [0, 0.1) is 0 Å². The van der Waals surface area contributed by atoms with E-state index in [1.807, 2.05) is 6.92 Å². The van der Waals surface area contributed by atoms with Gasteiger partial charge >= 0.3 is 0 Å². The van der Waals surface area contributed by atoms with Crippen LogP contribution in [0.25, 0.3) is 0 Å². The number of carbonyl (C=O) groups is 1. The summed E-state index contributed by atoms with van der Waals surface area (Å²) >= 11 is 0. The molecule has 1 heterocycles. The number of rotatable bonds is 5. The smallest absolute Gasteiger partial charge is 0.237 e. The van der Waals surface area contributed by atoms with E-state index in [1.165, 1.54) is 0 Å². The van der Waals surface area contributed by atoms with Gasteiger partial charge in [-0.3, -0.25) is 9.00 Å². The number of carbonyl (C=O) groups excluding carboxylic acids is 1. The zero-order chi connectivity index (χ0) is 12.8. The summed E-state index contributed by atoms with van der Waals surface area (Å²) in [5.74, 6) is 0.0886. The number of hydrogen-bond donors (Lipinski definition) is 2. The SMILES string of the molecule is CC1CCCC(C(=O)NCCC(C)S(C)=O)N1. The Morgan fingerprint density at radius 1 is 1.53 bits per heavy atom. The van der Waals surface area contributed by atoms with Crippen molar-refractivity contribution in [2.24, 2.45) is 0 Å². The van der Waals surface area contributed by atoms with E-state index in [0.29, 0.717) is 12.6 Å². The Bertz CT molecular complexity index is 284. The quantitative estimate of drug-likeness (QED) is 0.768. The Balaban J connectivity index is 2.22. The van der Waals surface area contributed by atoms with Crippen molar-refractivity contribution >= 4 is 16.7 Å². The lowest BCUT2D eigenvalue weighted by atomic mass is 9.99. The van der Waals surface area contributed by atoms with Crippen LogP contribution in [0.2, 0.25) is 0 Å². The Morgan fingerprint density at radius 3 is 2.82 bits per heavy atom. The molecule has 0 aliphatic carbocycles. The van der Waals surface area contributed by atoms with Crippen LogP contribution < -0.4 is 10.6 Å². The van der Waals surface area contributed by atoms with Gasteiger partial charge in [-0.2, -0.15) is 0 Å². The molecule has 0 aromatic rings. The second-order valence-electron chi connectivity index (χ2n) is 4.94. The molecule has 4 nitrogen and oxygen atoms in total. The highest BCUT2D eigenvalue weighted by Crippen LogP contribution is 2.12. The van der Waals surface area contributed by atoms with Crippen molar-refractivity contribution in [1.82, 2.24) is 10.6 Å². The van der Waals surface area contributed by atoms with Crippen molar-refractivity contribution in [3.05, 3.63) is 0 Å². The first-order valence-electron chi connectivity index (χ1n) is 6.36. The van der Waals surface area contributed by atoms with Crippen LogP contribution in [0.4, 0.5) is 0 Å². The molecule has 2 N–H and O–H groups in total. The first kappa shape index (κ1) is 14.6. The molecule has 17 heavy (non-hydrogen) atoms. The molecule has 4 atom stereocenters. The van der Waals surface area contributed by atoms with Gasteiger partial charge in [0.25, 0.3) is 0 Å². The van der Waals surface area contributed by atoms with Gasteiger partial charge < -0.3 is 10.6 Å². The molecule has 1 aliphatic heterocycles. The summed E-state index contributed by atoms with van der Waals surface area (Å²) in [4.78, 5) is 11.8. The minimum atomic E-state index is -0.802. The maximum Gasteiger partial charge on any atom is 0.237 e. The highest BCUT2D eigenvalue weighted by Gasteiger charge is 2.23. The number of nitrogens with one attached hydrogen (secondary N) is 2. The fraction of sp³-hybridized carbons (Fsp3) is 0.917. The van der Waals surface area contributed by atoms with Crippen LogP contribution in [0.5, 0.6) is 0 Å². The molecule has 1 rings (SSSR count). The van der Waals surface area contributed by atoms with Crippen LogP contribution in [-0.2, 0) is 15.6 Å². The molecule has 0 radical (unpaired) electrons. The molecule has 1 amide bonds. The molecule has 0 spiro atoms. The summed E-state index contributed by atoms with van der Waals surface area (Å²) in [7, 11) is -0.802. The normalized spacial score (nSPS) is 28.4. The van der Waals surface area contributed by atoms with Gasteiger partial charge in [-0.05, 0) is 32.6 Å². The largest absolute Gasteiger partial charge is 0.355 e. The van der Waals surface area contributed by atoms with Crippen molar-refractivity contribution in [1.29, 1.82) is 0 Å². The fourth-order valence-electron chi connectivity index (χ4n) is 2.03. The van der Waals surface area contributed by atoms with E-state index in [-0.39, 0.29) is 17.2 Å². The summed E-state index contributed by atoms with van der Waals surface area (Å²) in [6, 6.07) is 0.391. The summed E-state index contributed by atoms with van der Waals surface area (Å²) in [5, 5.41) is 6.37. The van der Waals surface area contributed by atoms with Crippen molar-refractivity contribution in [2.75, 3.05) is 12.8 Å². The summed E-state index contributed by atoms with van der Waals surface area (Å²) in [6.07, 6.45) is 5.66. The minimum Gasteiger partial charge on any atom is -0.355 e. The zero-order valence-electron chi connectivity index (χ0n) is 11.0. The first-order valence-corrected chi connectivity index (χ1v) is 7.99. The lowest BCUT2D eigenvalue weighted by molar-refractivity contribution is -0.123. The van der Waals surface area contributed by atoms with E-state index in [2.05, 4.69) is 17.6 Å². The molecular formula is C12H24N2O2S. The summed E-state index contributed by atoms with van der Waals surface area (Å²) in [6.45, 7) is 4.68. The second-order valence-corrected chi connectivity index (χ2v) is 6.74. The molecule has 1 fully saturated rings. The van der Waals surface area contributed by atoms with Crippen molar-refractivity contribution in [2.45, 2.75) is 56.9 Å². The summed E-state index contributed by atoms with van der Waals surface area (Å²) in [5.41, 5.74) is 0. The van der Waals surface area contributed by atoms with E-state index in [1.54, 1.807) is 6.26 Å². The Kier molecular flexibility index (Phi) is 6.12. The van der Waals surface area contributed by atoms with Gasteiger partial charge in [0.05, 0.1) is 6.04 Å². The van der Waals surface area contributed by atoms with Gasteiger partial charge in [-0.25, -0.2) is 0 Å². The second kappa shape index (κ2) is 7.11. The van der Waals surface area contributed by atoms with Gasteiger partial charge in [0.15, 0.2) is 0 Å². The summed E-state index contributed by atoms with van der Waals surface area (Å²) < 4.78 is 11.2. The Morgan fingerprint density at radius 2 is 2.24 bits per heavy atom. The van der Waals surface area contributed by atoms with Crippen LogP contribution in [0.3, 0.4) is 0 Å². The average Bonchev–Trinajstić information content (AvgIpc) is 2.28. The lowest BCUT2D eigenvalue weighted by Gasteiger charge is -2.27. The van der Waals surface area contributed by atoms with Crippen LogP contribution in [0.15, 0.2) is 0 Å². The molecule has 0 aromatic carbocycles. The first-order chi connectivity index (χ1) is 8.00. The van der Waals surface area contributed by atoms with Crippen LogP contribution in [0.1, 0.15) is 39.5 Å². The van der Waals surface area contributed by atoms with E-state index >= 15 is 0 Å². The van der Waals surface area contributed by atoms with Crippen LogP contribution in [-0.4, -0.2) is 40.3 Å². The molecule has 0 aromatic heterocycles. The van der Waals surface area contributed by atoms with Gasteiger partial charge in [-0.1, -0.05) is 6.92 Å². The van der Waals surface area contributed by atoms with Crippen molar-refractivity contribution in [3.63, 3.8) is 0 Å². The minimum absolute atomic E-state index is 0.0406. The molecule has 1 saturated heterocycles. The van der Waals surface area contributed by atoms with E-state index < -0.39 is 10.8 Å². The third-order valence-corrected chi connectivity index (χ3v) is 4.72. The Hall–Kier alpha value is -0.420. The standard InChI is InChI=1S/C12H24N2O2S/c1-9-5-4-6-11(14-9)12(15)13-8-7-10(2)17(3)16/h9-11,14H,4-8H2,1-3H3,(H,13,15). The highest BCUT2D eigenvalue weighted by atomic mass is 32.2. The Labute approximate surface area is 106 Å². The fourth-order valence-corrected chi connectivity index (χ4v) is 2.48. The van der Waals surface area contributed by atoms with E-state index in [0.717, 1.165) is 25.7 Å². The molecule has 0 bridgehead atoms. The molecule has 100 valence electrons. The van der Waals surface area contributed by atoms with Gasteiger partial charge in [-0.15, -0.1) is 0 Å². The predicted molar refractivity (Wildman–Crippen MR) is 71.4 cm³/mol. The van der Waals surface area contributed by atoms with Gasteiger partial charge in [0, 0.05) is 34.9 Å². The monoisotopic (exact) mass is 260 g/mol. The van der Waals surface area contributed by atoms with Gasteiger partial charge in [0.2, 0.25) is 5.91 Å². The predicted octanol–water partition coefficient (Wildman–Crippen LogP) is 0.790. The number of piperidine rings is 1. The maximum absolute atomic E-state index is 11.8. The topological polar surface area (TPSA) is 58.2 Å². The molecule has 4 unspecified atom stereocenters. The maximum atomic E-state index is 11.8. The number of amides is 1. The highest BCUT2D eigenvalue weighted by molar-refractivity contribution is 7.84. The van der Waals surface area contributed by atoms with E-state index in [4.69, 9.17) is 0 Å². The zero-order valence-corrected chi connectivity index (χ0v) is 11.8. The van der Waals surface area contributed by atoms with Gasteiger partial charge in [0.1, 0.15) is 0 Å². The van der Waals surface area contributed by atoms with E-state index in [9.17, 15) is 9.00 Å². The molecule has 1 aliphatic rings. The third kappa shape index (κ3) is 5.17.